The lowest BCUT2D eigenvalue weighted by molar-refractivity contribution is 0.380. The lowest BCUT2D eigenvalue weighted by Gasteiger charge is -2.35. The van der Waals surface area contributed by atoms with E-state index in [1.165, 1.54) is 0 Å². The van der Waals surface area contributed by atoms with Crippen LogP contribution in [-0.4, -0.2) is 42.0 Å². The molecule has 1 saturated heterocycles. The number of nitrogens with two attached hydrogens (primary N) is 1. The molecule has 3 aromatic rings. The molecule has 2 N–H and O–H groups in total. The van der Waals surface area contributed by atoms with Crippen LogP contribution in [0, 0.1) is 0 Å². The molecule has 25 heavy (non-hydrogen) atoms. The first-order valence-corrected chi connectivity index (χ1v) is 8.84. The average molecular weight is 469 g/mol. The summed E-state index contributed by atoms with van der Waals surface area (Å²) in [6.45, 7) is 4.00. The van der Waals surface area contributed by atoms with Crippen molar-refractivity contribution in [1.29, 1.82) is 0 Å². The molecule has 0 atom stereocenters. The second kappa shape index (κ2) is 8.05. The van der Waals surface area contributed by atoms with E-state index in [0.29, 0.717) is 12.5 Å². The third-order valence-corrected chi connectivity index (χ3v) is 5.00. The summed E-state index contributed by atoms with van der Waals surface area (Å²) in [4.78, 5) is 13.3. The minimum absolute atomic E-state index is 0. The van der Waals surface area contributed by atoms with Crippen LogP contribution >= 0.6 is 35.3 Å². The van der Waals surface area contributed by atoms with Crippen LogP contribution in [0.2, 0.25) is 0 Å². The van der Waals surface area contributed by atoms with Crippen LogP contribution in [0.4, 0.5) is 5.13 Å². The van der Waals surface area contributed by atoms with Crippen LogP contribution in [0.1, 0.15) is 5.76 Å². The van der Waals surface area contributed by atoms with Gasteiger partial charge in [0, 0.05) is 43.1 Å². The van der Waals surface area contributed by atoms with Crippen molar-refractivity contribution in [3.05, 3.63) is 47.7 Å². The molecule has 0 saturated carbocycles. The average Bonchev–Trinajstić information content (AvgIpc) is 3.29. The second-order valence-electron chi connectivity index (χ2n) is 5.71. The van der Waals surface area contributed by atoms with Gasteiger partial charge in [-0.2, -0.15) is 0 Å². The molecule has 0 spiro atoms. The maximum absolute atomic E-state index is 6.16. The summed E-state index contributed by atoms with van der Waals surface area (Å²) in [5.74, 6) is 1.41. The molecule has 3 heterocycles. The van der Waals surface area contributed by atoms with E-state index in [4.69, 9.17) is 10.2 Å². The second-order valence-corrected chi connectivity index (χ2v) is 6.59. The number of piperazine rings is 1. The number of guanidine groups is 1. The molecular formula is C17H20IN5OS. The summed E-state index contributed by atoms with van der Waals surface area (Å²) in [5, 5.41) is 4.18. The van der Waals surface area contributed by atoms with Gasteiger partial charge in [-0.1, -0.05) is 18.2 Å². The number of aromatic nitrogens is 1. The first-order valence-electron chi connectivity index (χ1n) is 7.96. The maximum atomic E-state index is 6.16. The number of fused-ring (bicyclic) bond motifs is 1. The van der Waals surface area contributed by atoms with Gasteiger partial charge >= 0.3 is 0 Å². The zero-order valence-corrected chi connectivity index (χ0v) is 16.8. The minimum atomic E-state index is 0. The monoisotopic (exact) mass is 469 g/mol. The number of furan rings is 1. The van der Waals surface area contributed by atoms with E-state index < -0.39 is 0 Å². The highest BCUT2D eigenvalue weighted by molar-refractivity contribution is 14.0. The summed E-state index contributed by atoms with van der Waals surface area (Å²) in [6, 6.07) is 9.99. The predicted molar refractivity (Wildman–Crippen MR) is 113 cm³/mol. The number of benzene rings is 1. The molecule has 0 radical (unpaired) electrons. The van der Waals surface area contributed by atoms with Crippen molar-refractivity contribution in [1.82, 2.24) is 9.88 Å². The van der Waals surface area contributed by atoms with Gasteiger partial charge in [0.15, 0.2) is 11.1 Å². The van der Waals surface area contributed by atoms with Crippen LogP contribution in [0.3, 0.4) is 0 Å². The molecule has 0 amide bonds. The molecule has 6 nitrogen and oxygen atoms in total. The summed E-state index contributed by atoms with van der Waals surface area (Å²) in [5.41, 5.74) is 7.04. The van der Waals surface area contributed by atoms with Gasteiger partial charge in [0.2, 0.25) is 0 Å². The molecule has 0 unspecified atom stereocenters. The largest absolute Gasteiger partial charge is 0.459 e. The highest BCUT2D eigenvalue weighted by atomic mass is 127. The maximum Gasteiger partial charge on any atom is 0.191 e. The Balaban J connectivity index is 0.00000182. The first kappa shape index (κ1) is 18.0. The standard InChI is InChI=1S/C17H19N5OS.HI/c18-16(20-12-14-11-13-3-1-2-4-15(13)23-14)21-6-8-22(9-7-21)17-19-5-10-24-17;/h1-5,10-11H,6-9,12H2,(H2,18,20);1H. The van der Waals surface area contributed by atoms with E-state index >= 15 is 0 Å². The van der Waals surface area contributed by atoms with Gasteiger partial charge in [-0.3, -0.25) is 0 Å². The lowest BCUT2D eigenvalue weighted by atomic mass is 10.2. The Morgan fingerprint density at radius 2 is 2.04 bits per heavy atom. The Kier molecular flexibility index (Phi) is 5.79. The number of hydrogen-bond acceptors (Lipinski definition) is 5. The van der Waals surface area contributed by atoms with Gasteiger partial charge in [0.25, 0.3) is 0 Å². The summed E-state index contributed by atoms with van der Waals surface area (Å²) in [7, 11) is 0. The van der Waals surface area contributed by atoms with E-state index in [9.17, 15) is 0 Å². The van der Waals surface area contributed by atoms with Crippen molar-refractivity contribution in [2.24, 2.45) is 10.7 Å². The first-order chi connectivity index (χ1) is 11.8. The topological polar surface area (TPSA) is 70.9 Å². The number of para-hydroxylation sites is 1. The Labute approximate surface area is 167 Å². The van der Waals surface area contributed by atoms with Gasteiger partial charge < -0.3 is 20.0 Å². The van der Waals surface area contributed by atoms with Gasteiger partial charge in [0.05, 0.1) is 0 Å². The van der Waals surface area contributed by atoms with Crippen molar-refractivity contribution < 1.29 is 4.42 Å². The van der Waals surface area contributed by atoms with Crippen molar-refractivity contribution in [3.8, 4) is 0 Å². The molecule has 0 aliphatic carbocycles. The van der Waals surface area contributed by atoms with Gasteiger partial charge in [-0.25, -0.2) is 9.98 Å². The molecule has 0 bridgehead atoms. The fourth-order valence-electron chi connectivity index (χ4n) is 2.87. The lowest BCUT2D eigenvalue weighted by Crippen LogP contribution is -2.51. The van der Waals surface area contributed by atoms with Crippen molar-refractivity contribution in [3.63, 3.8) is 0 Å². The molecular weight excluding hydrogens is 449 g/mol. The van der Waals surface area contributed by atoms with Crippen molar-refractivity contribution in [2.75, 3.05) is 31.1 Å². The van der Waals surface area contributed by atoms with E-state index in [2.05, 4.69) is 19.8 Å². The van der Waals surface area contributed by atoms with Crippen LogP contribution in [0.5, 0.6) is 0 Å². The third kappa shape index (κ3) is 4.06. The number of halogens is 1. The summed E-state index contributed by atoms with van der Waals surface area (Å²) >= 11 is 1.67. The molecule has 2 aromatic heterocycles. The van der Waals surface area contributed by atoms with E-state index in [1.807, 2.05) is 41.9 Å². The zero-order valence-electron chi connectivity index (χ0n) is 13.7. The van der Waals surface area contributed by atoms with Crippen LogP contribution < -0.4 is 10.6 Å². The van der Waals surface area contributed by atoms with Gasteiger partial charge in [-0.15, -0.1) is 35.3 Å². The molecule has 1 aromatic carbocycles. The molecule has 1 fully saturated rings. The normalized spacial score (nSPS) is 15.4. The Morgan fingerprint density at radius 3 is 2.76 bits per heavy atom. The van der Waals surface area contributed by atoms with Crippen LogP contribution in [-0.2, 0) is 6.54 Å². The number of rotatable bonds is 3. The van der Waals surface area contributed by atoms with E-state index in [-0.39, 0.29) is 24.0 Å². The fraction of sp³-hybridized carbons (Fsp3) is 0.294. The highest BCUT2D eigenvalue weighted by Crippen LogP contribution is 2.20. The molecule has 4 rings (SSSR count). The summed E-state index contributed by atoms with van der Waals surface area (Å²) in [6.07, 6.45) is 1.84. The highest BCUT2D eigenvalue weighted by Gasteiger charge is 2.19. The van der Waals surface area contributed by atoms with Crippen LogP contribution in [0.25, 0.3) is 11.0 Å². The van der Waals surface area contributed by atoms with E-state index in [0.717, 1.165) is 48.0 Å². The zero-order chi connectivity index (χ0) is 16.4. The quantitative estimate of drug-likeness (QED) is 0.363. The van der Waals surface area contributed by atoms with E-state index in [1.54, 1.807) is 11.3 Å². The van der Waals surface area contributed by atoms with Gasteiger partial charge in [-0.05, 0) is 12.1 Å². The number of anilines is 1. The Morgan fingerprint density at radius 1 is 1.24 bits per heavy atom. The minimum Gasteiger partial charge on any atom is -0.459 e. The smallest absolute Gasteiger partial charge is 0.191 e. The van der Waals surface area contributed by atoms with Gasteiger partial charge in [0.1, 0.15) is 17.9 Å². The van der Waals surface area contributed by atoms with Crippen molar-refractivity contribution in [2.45, 2.75) is 6.54 Å². The van der Waals surface area contributed by atoms with Crippen molar-refractivity contribution >= 4 is 57.4 Å². The summed E-state index contributed by atoms with van der Waals surface area (Å²) < 4.78 is 5.78. The fourth-order valence-corrected chi connectivity index (χ4v) is 3.57. The number of nitrogens with zero attached hydrogens (tertiary/aromatic N) is 4. The molecule has 8 heteroatoms. The Bertz CT molecular complexity index is 807. The molecule has 132 valence electrons. The van der Waals surface area contributed by atoms with Crippen LogP contribution in [0.15, 0.2) is 51.3 Å². The number of hydrogen-bond donors (Lipinski definition) is 1. The number of aliphatic imine (C=N–C) groups is 1. The third-order valence-electron chi connectivity index (χ3n) is 4.17. The predicted octanol–water partition coefficient (Wildman–Crippen LogP) is 3.14. The molecule has 1 aliphatic heterocycles. The number of thiazole rings is 1. The SMILES string of the molecule is I.NC(=NCc1cc2ccccc2o1)N1CCN(c2nccs2)CC1. The molecule has 1 aliphatic rings. The Hall–Kier alpha value is -1.81.